The number of anilines is 1. The van der Waals surface area contributed by atoms with Gasteiger partial charge in [0.25, 0.3) is 5.91 Å². The summed E-state index contributed by atoms with van der Waals surface area (Å²) >= 11 is 0. The second kappa shape index (κ2) is 12.7. The molecule has 2 amide bonds. The molecule has 7 nitrogen and oxygen atoms in total. The molecule has 37 heavy (non-hydrogen) atoms. The Kier molecular flexibility index (Phi) is 9.41. The first-order chi connectivity index (χ1) is 17.9. The lowest BCUT2D eigenvalue weighted by Gasteiger charge is -2.34. The Hall–Kier alpha value is -2.67. The average molecular weight is 510 g/mol. The summed E-state index contributed by atoms with van der Waals surface area (Å²) in [5.41, 5.74) is 9.86. The van der Waals surface area contributed by atoms with E-state index in [2.05, 4.69) is 12.2 Å². The minimum absolute atomic E-state index is 0.0322. The minimum atomic E-state index is -0.555. The van der Waals surface area contributed by atoms with Crippen molar-refractivity contribution in [2.75, 3.05) is 18.5 Å². The maximum absolute atomic E-state index is 13.8. The average Bonchev–Trinajstić information content (AvgIpc) is 3.39. The quantitative estimate of drug-likeness (QED) is 0.388. The number of rotatable bonds is 7. The van der Waals surface area contributed by atoms with Crippen LogP contribution in [0.1, 0.15) is 94.8 Å². The molecule has 3 aliphatic rings. The van der Waals surface area contributed by atoms with Crippen LogP contribution in [0.25, 0.3) is 0 Å². The van der Waals surface area contributed by atoms with Gasteiger partial charge in [-0.3, -0.25) is 9.59 Å². The zero-order chi connectivity index (χ0) is 26.4. The van der Waals surface area contributed by atoms with Crippen molar-refractivity contribution in [3.63, 3.8) is 0 Å². The molecule has 1 aromatic carbocycles. The molecule has 2 aliphatic carbocycles. The molecule has 1 aromatic rings. The van der Waals surface area contributed by atoms with E-state index in [9.17, 15) is 14.4 Å². The van der Waals surface area contributed by atoms with Crippen molar-refractivity contribution in [3.05, 3.63) is 41.0 Å². The highest BCUT2D eigenvalue weighted by atomic mass is 16.5. The lowest BCUT2D eigenvalue weighted by molar-refractivity contribution is -0.140. The van der Waals surface area contributed by atoms with Gasteiger partial charge in [0.1, 0.15) is 6.04 Å². The molecule has 0 spiro atoms. The Morgan fingerprint density at radius 1 is 1.00 bits per heavy atom. The third-order valence-corrected chi connectivity index (χ3v) is 8.57. The third-order valence-electron chi connectivity index (χ3n) is 8.57. The van der Waals surface area contributed by atoms with E-state index in [-0.39, 0.29) is 29.7 Å². The molecule has 1 aliphatic heterocycles. The molecule has 0 radical (unpaired) electrons. The molecule has 3 fully saturated rings. The molecule has 0 aromatic heterocycles. The fourth-order valence-electron chi connectivity index (χ4n) is 6.38. The summed E-state index contributed by atoms with van der Waals surface area (Å²) < 4.78 is 5.05. The summed E-state index contributed by atoms with van der Waals surface area (Å²) in [4.78, 5) is 41.3. The number of hydrogen-bond donors (Lipinski definition) is 2. The number of allylic oxidation sites excluding steroid dienone is 1. The van der Waals surface area contributed by atoms with Gasteiger partial charge in [-0.25, -0.2) is 4.79 Å². The Morgan fingerprint density at radius 2 is 1.68 bits per heavy atom. The van der Waals surface area contributed by atoms with E-state index < -0.39 is 6.04 Å². The molecule has 2 atom stereocenters. The normalized spacial score (nSPS) is 25.1. The Bertz CT molecular complexity index is 987. The number of carbonyl (C=O) groups excluding carboxylic acids is 3. The molecule has 2 saturated carbocycles. The lowest BCUT2D eigenvalue weighted by atomic mass is 9.77. The Balaban J connectivity index is 1.50. The molecular formula is C30H43N3O4. The first kappa shape index (κ1) is 27.4. The molecule has 3 N–H and O–H groups in total. The number of ether oxygens (including phenoxy) is 1. The monoisotopic (exact) mass is 509 g/mol. The van der Waals surface area contributed by atoms with Crippen molar-refractivity contribution in [1.29, 1.82) is 0 Å². The molecule has 202 valence electrons. The van der Waals surface area contributed by atoms with Crippen molar-refractivity contribution in [3.8, 4) is 0 Å². The van der Waals surface area contributed by atoms with Crippen LogP contribution in [-0.4, -0.2) is 47.9 Å². The van der Waals surface area contributed by atoms with Crippen LogP contribution in [0.5, 0.6) is 0 Å². The molecule has 1 saturated heterocycles. The smallest absolute Gasteiger partial charge is 0.338 e. The van der Waals surface area contributed by atoms with Gasteiger partial charge in [0.15, 0.2) is 0 Å². The summed E-state index contributed by atoms with van der Waals surface area (Å²) in [6, 6.07) is 6.41. The highest BCUT2D eigenvalue weighted by Crippen LogP contribution is 2.38. The molecule has 1 heterocycles. The van der Waals surface area contributed by atoms with E-state index in [1.54, 1.807) is 31.2 Å². The summed E-state index contributed by atoms with van der Waals surface area (Å²) in [7, 11) is 0. The van der Waals surface area contributed by atoms with Crippen molar-refractivity contribution >= 4 is 23.5 Å². The largest absolute Gasteiger partial charge is 0.462 e. The summed E-state index contributed by atoms with van der Waals surface area (Å²) in [5, 5.41) is 3.03. The van der Waals surface area contributed by atoms with Gasteiger partial charge in [0.05, 0.1) is 12.2 Å². The van der Waals surface area contributed by atoms with Crippen LogP contribution in [0.2, 0.25) is 0 Å². The molecular weight excluding hydrogens is 466 g/mol. The zero-order valence-electron chi connectivity index (χ0n) is 22.5. The van der Waals surface area contributed by atoms with Crippen molar-refractivity contribution in [2.24, 2.45) is 17.6 Å². The number of nitrogens with one attached hydrogen (secondary N) is 1. The number of likely N-dealkylation sites (tertiary alicyclic amines) is 1. The number of esters is 1. The highest BCUT2D eigenvalue weighted by Gasteiger charge is 2.42. The van der Waals surface area contributed by atoms with Crippen molar-refractivity contribution < 1.29 is 19.1 Å². The van der Waals surface area contributed by atoms with E-state index in [0.29, 0.717) is 30.3 Å². The predicted octanol–water partition coefficient (Wildman–Crippen LogP) is 5.21. The van der Waals surface area contributed by atoms with Gasteiger partial charge in [0, 0.05) is 24.2 Å². The lowest BCUT2D eigenvalue weighted by Crippen LogP contribution is -2.47. The minimum Gasteiger partial charge on any atom is -0.462 e. The standard InChI is InChI=1S/C30H43N3O4/c1-3-26(31)21-10-12-22(13-11-21)29(35)33-19-18-25(20-8-6-5-7-9-20)27(33)28(34)32-24-16-14-23(15-17-24)30(36)37-4-2/h14-17,21-22,26-27H,3-13,18-19,31H2,1-2H3,(H,32,34)/t21?,22?,26?,27-/m0/s1. The number of amides is 2. The fraction of sp³-hybridized carbons (Fsp3) is 0.633. The number of carbonyl (C=O) groups is 3. The van der Waals surface area contributed by atoms with Gasteiger partial charge in [-0.05, 0) is 107 Å². The second-order valence-electron chi connectivity index (χ2n) is 10.8. The fourth-order valence-corrected chi connectivity index (χ4v) is 6.38. The topological polar surface area (TPSA) is 102 Å². The molecule has 7 heteroatoms. The van der Waals surface area contributed by atoms with Gasteiger partial charge in [-0.2, -0.15) is 0 Å². The Morgan fingerprint density at radius 3 is 2.30 bits per heavy atom. The van der Waals surface area contributed by atoms with Gasteiger partial charge >= 0.3 is 5.97 Å². The first-order valence-electron chi connectivity index (χ1n) is 14.3. The SMILES string of the molecule is CCOC(=O)c1ccc(NC(=O)[C@@H]2C(=C3CCCCC3)CCN2C(=O)C2CCC(C(N)CC)CC2)cc1. The summed E-state index contributed by atoms with van der Waals surface area (Å²) in [6.07, 6.45) is 11.0. The third kappa shape index (κ3) is 6.43. The van der Waals surface area contributed by atoms with E-state index in [1.807, 2.05) is 4.90 Å². The molecule has 4 rings (SSSR count). The van der Waals surface area contributed by atoms with E-state index >= 15 is 0 Å². The van der Waals surface area contributed by atoms with Crippen LogP contribution in [-0.2, 0) is 14.3 Å². The summed E-state index contributed by atoms with van der Waals surface area (Å²) in [5.74, 6) is 0.0310. The zero-order valence-corrected chi connectivity index (χ0v) is 22.5. The van der Waals surface area contributed by atoms with Gasteiger partial charge < -0.3 is 20.7 Å². The van der Waals surface area contributed by atoms with Crippen molar-refractivity contribution in [2.45, 2.75) is 96.6 Å². The van der Waals surface area contributed by atoms with Crippen LogP contribution in [0.15, 0.2) is 35.4 Å². The van der Waals surface area contributed by atoms with Crippen LogP contribution in [0.4, 0.5) is 5.69 Å². The molecule has 0 bridgehead atoms. The number of nitrogens with zero attached hydrogens (tertiary/aromatic N) is 1. The van der Waals surface area contributed by atoms with Crippen LogP contribution in [0, 0.1) is 11.8 Å². The van der Waals surface area contributed by atoms with E-state index in [1.165, 1.54) is 12.0 Å². The van der Waals surface area contributed by atoms with Crippen LogP contribution >= 0.6 is 0 Å². The van der Waals surface area contributed by atoms with Crippen LogP contribution in [0.3, 0.4) is 0 Å². The second-order valence-corrected chi connectivity index (χ2v) is 10.8. The molecule has 1 unspecified atom stereocenters. The predicted molar refractivity (Wildman–Crippen MR) is 145 cm³/mol. The Labute approximate surface area is 221 Å². The van der Waals surface area contributed by atoms with E-state index in [0.717, 1.165) is 69.8 Å². The van der Waals surface area contributed by atoms with Gasteiger partial charge in [-0.15, -0.1) is 0 Å². The highest BCUT2D eigenvalue weighted by molar-refractivity contribution is 6.00. The van der Waals surface area contributed by atoms with E-state index in [4.69, 9.17) is 10.5 Å². The maximum atomic E-state index is 13.8. The van der Waals surface area contributed by atoms with Crippen LogP contribution < -0.4 is 11.1 Å². The van der Waals surface area contributed by atoms with Crippen molar-refractivity contribution in [1.82, 2.24) is 4.90 Å². The number of nitrogens with two attached hydrogens (primary N) is 1. The first-order valence-corrected chi connectivity index (χ1v) is 14.3. The number of hydrogen-bond acceptors (Lipinski definition) is 5. The van der Waals surface area contributed by atoms with Gasteiger partial charge in [-0.1, -0.05) is 18.9 Å². The van der Waals surface area contributed by atoms with Gasteiger partial charge in [0.2, 0.25) is 5.91 Å². The maximum Gasteiger partial charge on any atom is 0.338 e. The number of benzene rings is 1. The summed E-state index contributed by atoms with van der Waals surface area (Å²) in [6.45, 7) is 4.81.